The number of nitrogens with one attached hydrogen (secondary N) is 1. The zero-order chi connectivity index (χ0) is 26.4. The summed E-state index contributed by atoms with van der Waals surface area (Å²) < 4.78 is 32.6. The number of rotatable bonds is 3. The van der Waals surface area contributed by atoms with Crippen LogP contribution >= 0.6 is 0 Å². The van der Waals surface area contributed by atoms with Crippen LogP contribution in [0.2, 0.25) is 0 Å². The van der Waals surface area contributed by atoms with Gasteiger partial charge in [0.1, 0.15) is 17.5 Å². The van der Waals surface area contributed by atoms with E-state index in [0.29, 0.717) is 16.8 Å². The van der Waals surface area contributed by atoms with Gasteiger partial charge < -0.3 is 14.8 Å². The van der Waals surface area contributed by atoms with Crippen molar-refractivity contribution in [3.05, 3.63) is 131 Å². The first kappa shape index (κ1) is 23.7. The third-order valence-corrected chi connectivity index (χ3v) is 6.94. The van der Waals surface area contributed by atoms with Crippen molar-refractivity contribution in [1.29, 1.82) is 0 Å². The average Bonchev–Trinajstić information content (AvgIpc) is 3.47. The topological polar surface area (TPSA) is 55.1 Å². The van der Waals surface area contributed by atoms with Crippen molar-refractivity contribution in [2.75, 3.05) is 5.32 Å². The molecule has 0 radical (unpaired) electrons. The molecule has 0 spiro atoms. The predicted octanol–water partition coefficient (Wildman–Crippen LogP) is 6.70. The summed E-state index contributed by atoms with van der Waals surface area (Å²) in [5.74, 6) is 0.0123. The van der Waals surface area contributed by atoms with Crippen LogP contribution in [0.5, 0.6) is 0 Å². The minimum absolute atomic E-state index is 0.205. The molecule has 2 aromatic heterocycles. The molecule has 3 aromatic carbocycles. The highest BCUT2D eigenvalue weighted by molar-refractivity contribution is 5.90. The van der Waals surface area contributed by atoms with Crippen molar-refractivity contribution >= 4 is 11.7 Å². The lowest BCUT2D eigenvalue weighted by molar-refractivity contribution is 0.194. The summed E-state index contributed by atoms with van der Waals surface area (Å²) in [5.41, 5.74) is 4.73. The predicted molar refractivity (Wildman–Crippen MR) is 142 cm³/mol. The van der Waals surface area contributed by atoms with E-state index in [1.165, 1.54) is 18.2 Å². The van der Waals surface area contributed by atoms with E-state index in [-0.39, 0.29) is 6.54 Å². The number of carbonyl (C=O) groups excluding carboxylic acids is 1. The fraction of sp³-hybridized carbons (Fsp3) is 0.133. The number of anilines is 1. The summed E-state index contributed by atoms with van der Waals surface area (Å²) >= 11 is 0. The number of fused-ring (bicyclic) bond motifs is 3. The van der Waals surface area contributed by atoms with E-state index in [1.807, 2.05) is 70.9 Å². The monoisotopic (exact) mass is 509 g/mol. The van der Waals surface area contributed by atoms with Gasteiger partial charge in [0.15, 0.2) is 0 Å². The number of hydrogen-bond acceptors (Lipinski definition) is 2. The number of para-hydroxylation sites is 1. The first-order valence-corrected chi connectivity index (χ1v) is 12.3. The highest BCUT2D eigenvalue weighted by atomic mass is 19.1. The third kappa shape index (κ3) is 4.04. The molecule has 2 amide bonds. The number of aromatic nitrogens is 3. The SMILES string of the molecule is Cc1ccc(NC(=O)N2Cc3c(C)nn(-c4ccccc4)c3-n3cccc3C2c2cccc(F)c2)cc1F. The zero-order valence-electron chi connectivity index (χ0n) is 20.9. The van der Waals surface area contributed by atoms with Gasteiger partial charge in [-0.25, -0.2) is 18.3 Å². The first-order chi connectivity index (χ1) is 18.4. The molecule has 1 unspecified atom stereocenters. The molecular formula is C30H25F2N5O. The molecule has 6 nitrogen and oxygen atoms in total. The highest BCUT2D eigenvalue weighted by Gasteiger charge is 2.36. The molecule has 0 bridgehead atoms. The molecule has 1 aliphatic rings. The fourth-order valence-electron chi connectivity index (χ4n) is 5.04. The van der Waals surface area contributed by atoms with Crippen LogP contribution in [0.25, 0.3) is 11.5 Å². The molecule has 3 heterocycles. The lowest BCUT2D eigenvalue weighted by atomic mass is 10.0. The van der Waals surface area contributed by atoms with Gasteiger partial charge in [-0.3, -0.25) is 0 Å². The second-order valence-electron chi connectivity index (χ2n) is 9.42. The van der Waals surface area contributed by atoms with E-state index in [9.17, 15) is 13.6 Å². The van der Waals surface area contributed by atoms with Gasteiger partial charge in [0.05, 0.1) is 29.7 Å². The molecule has 0 saturated carbocycles. The normalized spacial score (nSPS) is 14.5. The van der Waals surface area contributed by atoms with Crippen LogP contribution in [0.1, 0.15) is 34.1 Å². The Kier molecular flexibility index (Phi) is 5.79. The largest absolute Gasteiger partial charge is 0.322 e. The second-order valence-corrected chi connectivity index (χ2v) is 9.42. The Morgan fingerprint density at radius 1 is 0.947 bits per heavy atom. The molecule has 6 rings (SSSR count). The molecule has 190 valence electrons. The molecule has 0 saturated heterocycles. The molecule has 38 heavy (non-hydrogen) atoms. The highest BCUT2D eigenvalue weighted by Crippen LogP contribution is 2.39. The van der Waals surface area contributed by atoms with Gasteiger partial charge in [0.25, 0.3) is 0 Å². The van der Waals surface area contributed by atoms with Crippen molar-refractivity contribution in [2.45, 2.75) is 26.4 Å². The second kappa shape index (κ2) is 9.30. The number of halogens is 2. The van der Waals surface area contributed by atoms with Crippen LogP contribution in [-0.4, -0.2) is 25.3 Å². The van der Waals surface area contributed by atoms with Crippen molar-refractivity contribution in [1.82, 2.24) is 19.2 Å². The van der Waals surface area contributed by atoms with Crippen molar-refractivity contribution in [3.63, 3.8) is 0 Å². The smallest absolute Gasteiger partial charge is 0.308 e. The summed E-state index contributed by atoms with van der Waals surface area (Å²) in [4.78, 5) is 15.5. The summed E-state index contributed by atoms with van der Waals surface area (Å²) in [7, 11) is 0. The summed E-state index contributed by atoms with van der Waals surface area (Å²) in [5, 5.41) is 7.67. The number of benzene rings is 3. The van der Waals surface area contributed by atoms with Gasteiger partial charge in [0.2, 0.25) is 0 Å². The standard InChI is InChI=1S/C30H25F2N5O/c1-19-13-14-23(17-26(19)32)33-30(38)36-18-25-20(2)34-37(24-10-4-3-5-11-24)29(25)35-15-7-12-27(35)28(36)21-8-6-9-22(31)16-21/h3-17,28H,18H2,1-2H3,(H,33,38). The van der Waals surface area contributed by atoms with Crippen LogP contribution in [0.4, 0.5) is 19.3 Å². The third-order valence-electron chi connectivity index (χ3n) is 6.94. The fourth-order valence-corrected chi connectivity index (χ4v) is 5.04. The number of aryl methyl sites for hydroxylation is 2. The van der Waals surface area contributed by atoms with Gasteiger partial charge in [-0.2, -0.15) is 5.10 Å². The van der Waals surface area contributed by atoms with E-state index in [0.717, 1.165) is 28.5 Å². The molecule has 1 atom stereocenters. The Morgan fingerprint density at radius 3 is 2.53 bits per heavy atom. The Bertz CT molecular complexity index is 1660. The minimum Gasteiger partial charge on any atom is -0.308 e. The molecule has 1 aliphatic heterocycles. The van der Waals surface area contributed by atoms with Gasteiger partial charge in [-0.1, -0.05) is 36.4 Å². The lowest BCUT2D eigenvalue weighted by Gasteiger charge is -2.31. The Morgan fingerprint density at radius 2 is 1.76 bits per heavy atom. The van der Waals surface area contributed by atoms with Crippen LogP contribution in [-0.2, 0) is 6.54 Å². The molecule has 0 aliphatic carbocycles. The van der Waals surface area contributed by atoms with Crippen LogP contribution < -0.4 is 5.32 Å². The summed E-state index contributed by atoms with van der Waals surface area (Å²) in [6, 6.07) is 23.4. The Balaban J connectivity index is 1.53. The summed E-state index contributed by atoms with van der Waals surface area (Å²) in [6.45, 7) is 3.78. The maximum Gasteiger partial charge on any atom is 0.322 e. The minimum atomic E-state index is -0.619. The molecular weight excluding hydrogens is 484 g/mol. The van der Waals surface area contributed by atoms with E-state index in [2.05, 4.69) is 5.32 Å². The van der Waals surface area contributed by atoms with Crippen LogP contribution in [0, 0.1) is 25.5 Å². The van der Waals surface area contributed by atoms with Crippen molar-refractivity contribution in [3.8, 4) is 11.5 Å². The van der Waals surface area contributed by atoms with Crippen molar-refractivity contribution < 1.29 is 13.6 Å². The van der Waals surface area contributed by atoms with E-state index >= 15 is 0 Å². The molecule has 5 aromatic rings. The van der Waals surface area contributed by atoms with Gasteiger partial charge in [0, 0.05) is 17.4 Å². The van der Waals surface area contributed by atoms with E-state index in [1.54, 1.807) is 30.0 Å². The number of hydrogen-bond donors (Lipinski definition) is 1. The number of urea groups is 1. The number of amides is 2. The lowest BCUT2D eigenvalue weighted by Crippen LogP contribution is -2.38. The van der Waals surface area contributed by atoms with E-state index < -0.39 is 23.7 Å². The van der Waals surface area contributed by atoms with Gasteiger partial charge in [-0.15, -0.1) is 0 Å². The van der Waals surface area contributed by atoms with Crippen LogP contribution in [0.15, 0.2) is 91.1 Å². The Hall–Kier alpha value is -4.72. The quantitative estimate of drug-likeness (QED) is 0.294. The Labute approximate surface area is 218 Å². The van der Waals surface area contributed by atoms with E-state index in [4.69, 9.17) is 5.10 Å². The summed E-state index contributed by atoms with van der Waals surface area (Å²) in [6.07, 6.45) is 1.93. The van der Waals surface area contributed by atoms with Gasteiger partial charge in [-0.05, 0) is 73.5 Å². The zero-order valence-corrected chi connectivity index (χ0v) is 20.9. The number of nitrogens with zero attached hydrogens (tertiary/aromatic N) is 4. The molecule has 1 N–H and O–H groups in total. The maximum absolute atomic E-state index is 14.5. The molecule has 0 fully saturated rings. The van der Waals surface area contributed by atoms with Crippen LogP contribution in [0.3, 0.4) is 0 Å². The maximum atomic E-state index is 14.5. The number of carbonyl (C=O) groups is 1. The average molecular weight is 510 g/mol. The first-order valence-electron chi connectivity index (χ1n) is 12.3. The van der Waals surface area contributed by atoms with Crippen molar-refractivity contribution in [2.24, 2.45) is 0 Å². The molecule has 8 heteroatoms. The van der Waals surface area contributed by atoms with Gasteiger partial charge >= 0.3 is 6.03 Å².